The van der Waals surface area contributed by atoms with E-state index in [4.69, 9.17) is 0 Å². The molecule has 54 heavy (non-hydrogen) atoms. The van der Waals surface area contributed by atoms with Gasteiger partial charge in [0, 0.05) is 37.0 Å². The van der Waals surface area contributed by atoms with Gasteiger partial charge in [-0.3, -0.25) is 0 Å². The first kappa shape index (κ1) is 31.3. The van der Waals surface area contributed by atoms with Crippen LogP contribution in [-0.2, 0) is 10.8 Å². The molecule has 0 fully saturated rings. The number of anilines is 3. The fraction of sp³-hybridized carbons (Fsp3) is 0.0769. The molecule has 9 aromatic rings. The average molecular weight is 708 g/mol. The third-order valence-corrected chi connectivity index (χ3v) is 13.3. The van der Waals surface area contributed by atoms with Crippen molar-refractivity contribution >= 4 is 48.6 Å². The molecule has 1 nitrogen and oxygen atoms in total. The number of fused-ring (bicyclic) bond motifs is 9. The SMILES string of the molecule is CC1(C)c2ccccc2-c2ccc(N(c3ccc(C4(c5ccccc5)c5ccccc5-c5ccccc54)cc3)c3cccc4sc5ccccc5c34)cc21. The molecule has 8 aromatic carbocycles. The molecule has 11 rings (SSSR count). The van der Waals surface area contributed by atoms with Crippen molar-refractivity contribution in [3.8, 4) is 22.3 Å². The van der Waals surface area contributed by atoms with Crippen LogP contribution < -0.4 is 4.90 Å². The van der Waals surface area contributed by atoms with Gasteiger partial charge in [-0.25, -0.2) is 0 Å². The van der Waals surface area contributed by atoms with Gasteiger partial charge in [-0.2, -0.15) is 0 Å². The van der Waals surface area contributed by atoms with E-state index in [2.05, 4.69) is 207 Å². The van der Waals surface area contributed by atoms with E-state index in [0.717, 1.165) is 5.69 Å². The van der Waals surface area contributed by atoms with Crippen molar-refractivity contribution in [1.82, 2.24) is 0 Å². The number of thiophene rings is 1. The maximum atomic E-state index is 2.50. The minimum Gasteiger partial charge on any atom is -0.310 e. The first-order chi connectivity index (χ1) is 26.5. The zero-order valence-electron chi connectivity index (χ0n) is 30.3. The van der Waals surface area contributed by atoms with Gasteiger partial charge in [0.2, 0.25) is 0 Å². The highest BCUT2D eigenvalue weighted by molar-refractivity contribution is 7.26. The second kappa shape index (κ2) is 11.6. The Labute approximate surface area is 320 Å². The van der Waals surface area contributed by atoms with Crippen LogP contribution in [0.4, 0.5) is 17.1 Å². The maximum absolute atomic E-state index is 2.50. The summed E-state index contributed by atoms with van der Waals surface area (Å²) < 4.78 is 2.61. The summed E-state index contributed by atoms with van der Waals surface area (Å²) in [6.45, 7) is 4.74. The van der Waals surface area contributed by atoms with E-state index in [0.29, 0.717) is 0 Å². The lowest BCUT2D eigenvalue weighted by molar-refractivity contribution is 0.660. The van der Waals surface area contributed by atoms with Gasteiger partial charge in [-0.15, -0.1) is 11.3 Å². The van der Waals surface area contributed by atoms with Crippen molar-refractivity contribution in [1.29, 1.82) is 0 Å². The fourth-order valence-electron chi connectivity index (χ4n) is 9.77. The Balaban J connectivity index is 1.15. The molecule has 0 saturated heterocycles. The molecule has 1 aromatic heterocycles. The summed E-state index contributed by atoms with van der Waals surface area (Å²) in [5.74, 6) is 0. The van der Waals surface area contributed by atoms with Crippen molar-refractivity contribution in [3.05, 3.63) is 221 Å². The molecule has 2 aliphatic rings. The molecular formula is C52H37NS. The standard InChI is InChI=1S/C52H37NS/c1-51(2)43-21-10-6-17-38(43)41-32-31-37(33-46(41)51)53(47-24-14-26-49-50(47)42-20-9-13-25-48(42)54-49)36-29-27-35(28-30-36)52(34-15-4-3-5-16-34)44-22-11-7-18-39(44)40-19-8-12-23-45(40)52/h3-33H,1-2H3. The third kappa shape index (κ3) is 4.26. The highest BCUT2D eigenvalue weighted by atomic mass is 32.1. The molecule has 0 saturated carbocycles. The third-order valence-electron chi connectivity index (χ3n) is 12.2. The molecule has 0 N–H and O–H groups in total. The van der Waals surface area contributed by atoms with Gasteiger partial charge in [0.25, 0.3) is 0 Å². The van der Waals surface area contributed by atoms with E-state index >= 15 is 0 Å². The van der Waals surface area contributed by atoms with Gasteiger partial charge in [0.15, 0.2) is 0 Å². The summed E-state index contributed by atoms with van der Waals surface area (Å²) in [4.78, 5) is 2.50. The normalized spacial score (nSPS) is 14.4. The van der Waals surface area contributed by atoms with E-state index in [1.54, 1.807) is 0 Å². The summed E-state index contributed by atoms with van der Waals surface area (Å²) in [7, 11) is 0. The zero-order chi connectivity index (χ0) is 36.0. The van der Waals surface area contributed by atoms with Crippen LogP contribution in [0.1, 0.15) is 47.2 Å². The number of rotatable bonds is 5. The average Bonchev–Trinajstić information content (AvgIpc) is 3.83. The van der Waals surface area contributed by atoms with Gasteiger partial charge in [0.1, 0.15) is 0 Å². The lowest BCUT2D eigenvalue weighted by atomic mass is 9.68. The van der Waals surface area contributed by atoms with E-state index < -0.39 is 5.41 Å². The highest BCUT2D eigenvalue weighted by Gasteiger charge is 2.46. The smallest absolute Gasteiger partial charge is 0.0713 e. The van der Waals surface area contributed by atoms with Crippen LogP contribution in [0.5, 0.6) is 0 Å². The first-order valence-corrected chi connectivity index (χ1v) is 19.7. The Bertz CT molecular complexity index is 2870. The molecule has 2 aliphatic carbocycles. The van der Waals surface area contributed by atoms with Gasteiger partial charge in [-0.05, 0) is 98.1 Å². The quantitative estimate of drug-likeness (QED) is 0.172. The van der Waals surface area contributed by atoms with Crippen molar-refractivity contribution in [2.75, 3.05) is 4.90 Å². The predicted octanol–water partition coefficient (Wildman–Crippen LogP) is 14.2. The van der Waals surface area contributed by atoms with E-state index in [1.165, 1.54) is 87.2 Å². The number of hydrogen-bond acceptors (Lipinski definition) is 2. The molecule has 0 spiro atoms. The first-order valence-electron chi connectivity index (χ1n) is 18.9. The van der Waals surface area contributed by atoms with Gasteiger partial charge in [0.05, 0.1) is 11.1 Å². The summed E-state index contributed by atoms with van der Waals surface area (Å²) in [6, 6.07) is 70.2. The second-order valence-electron chi connectivity index (χ2n) is 15.2. The molecule has 256 valence electrons. The highest BCUT2D eigenvalue weighted by Crippen LogP contribution is 2.57. The van der Waals surface area contributed by atoms with Crippen LogP contribution in [0.25, 0.3) is 42.4 Å². The zero-order valence-corrected chi connectivity index (χ0v) is 31.1. The second-order valence-corrected chi connectivity index (χ2v) is 16.3. The van der Waals surface area contributed by atoms with Crippen molar-refractivity contribution in [2.45, 2.75) is 24.7 Å². The number of hydrogen-bond donors (Lipinski definition) is 0. The van der Waals surface area contributed by atoms with Crippen molar-refractivity contribution in [3.63, 3.8) is 0 Å². The minimum atomic E-state index is -0.440. The van der Waals surface area contributed by atoms with Crippen LogP contribution >= 0.6 is 11.3 Å². The Morgan fingerprint density at radius 1 is 0.407 bits per heavy atom. The van der Waals surface area contributed by atoms with Crippen molar-refractivity contribution in [2.24, 2.45) is 0 Å². The number of nitrogens with zero attached hydrogens (tertiary/aromatic N) is 1. The van der Waals surface area contributed by atoms with E-state index in [1.807, 2.05) is 11.3 Å². The predicted molar refractivity (Wildman–Crippen MR) is 229 cm³/mol. The maximum Gasteiger partial charge on any atom is 0.0713 e. The molecule has 0 aliphatic heterocycles. The topological polar surface area (TPSA) is 3.24 Å². The molecular weight excluding hydrogens is 671 g/mol. The lowest BCUT2D eigenvalue weighted by Crippen LogP contribution is -2.28. The largest absolute Gasteiger partial charge is 0.310 e. The Hall–Kier alpha value is -6.22. The number of benzene rings is 8. The fourth-order valence-corrected chi connectivity index (χ4v) is 10.9. The minimum absolute atomic E-state index is 0.107. The Kier molecular flexibility index (Phi) is 6.75. The van der Waals surface area contributed by atoms with E-state index in [-0.39, 0.29) is 5.41 Å². The van der Waals surface area contributed by atoms with Crippen LogP contribution in [0.2, 0.25) is 0 Å². The van der Waals surface area contributed by atoms with Crippen LogP contribution in [-0.4, -0.2) is 0 Å². The molecule has 0 bridgehead atoms. The summed E-state index contributed by atoms with van der Waals surface area (Å²) in [6.07, 6.45) is 0. The van der Waals surface area contributed by atoms with Crippen LogP contribution in [0.3, 0.4) is 0 Å². The van der Waals surface area contributed by atoms with Gasteiger partial charge in [-0.1, -0.05) is 159 Å². The molecule has 0 radical (unpaired) electrons. The Morgan fingerprint density at radius 2 is 0.944 bits per heavy atom. The van der Waals surface area contributed by atoms with Gasteiger partial charge >= 0.3 is 0 Å². The summed E-state index contributed by atoms with van der Waals surface area (Å²) >= 11 is 1.87. The summed E-state index contributed by atoms with van der Waals surface area (Å²) in [5, 5.41) is 2.59. The summed E-state index contributed by atoms with van der Waals surface area (Å²) in [5.41, 5.74) is 16.2. The lowest BCUT2D eigenvalue weighted by Gasteiger charge is -2.34. The van der Waals surface area contributed by atoms with Crippen LogP contribution in [0.15, 0.2) is 188 Å². The van der Waals surface area contributed by atoms with E-state index in [9.17, 15) is 0 Å². The molecule has 2 heteroatoms. The molecule has 0 atom stereocenters. The monoisotopic (exact) mass is 707 g/mol. The van der Waals surface area contributed by atoms with Crippen molar-refractivity contribution < 1.29 is 0 Å². The van der Waals surface area contributed by atoms with Gasteiger partial charge < -0.3 is 4.90 Å². The Morgan fingerprint density at radius 3 is 1.67 bits per heavy atom. The molecule has 0 amide bonds. The van der Waals surface area contributed by atoms with Crippen LogP contribution in [0, 0.1) is 0 Å². The molecule has 0 unspecified atom stereocenters. The molecule has 1 heterocycles.